The highest BCUT2D eigenvalue weighted by atomic mass is 32.1. The van der Waals surface area contributed by atoms with E-state index in [-0.39, 0.29) is 5.69 Å². The monoisotopic (exact) mass is 256 g/mol. The van der Waals surface area contributed by atoms with Crippen molar-refractivity contribution < 1.29 is 14.6 Å². The van der Waals surface area contributed by atoms with Gasteiger partial charge in [-0.2, -0.15) is 0 Å². The summed E-state index contributed by atoms with van der Waals surface area (Å²) in [6, 6.07) is 0. The number of carboxylic acid groups (broad SMARTS) is 1. The van der Waals surface area contributed by atoms with Crippen molar-refractivity contribution >= 4 is 22.4 Å². The van der Waals surface area contributed by atoms with Gasteiger partial charge in [-0.3, -0.25) is 0 Å². The average molecular weight is 256 g/mol. The van der Waals surface area contributed by atoms with Gasteiger partial charge in [-0.05, 0) is 18.8 Å². The Balaban J connectivity index is 1.73. The van der Waals surface area contributed by atoms with Gasteiger partial charge in [0.2, 0.25) is 0 Å². The van der Waals surface area contributed by atoms with Gasteiger partial charge in [0, 0.05) is 25.6 Å². The minimum Gasteiger partial charge on any atom is -0.476 e. The fourth-order valence-electron chi connectivity index (χ4n) is 1.37. The van der Waals surface area contributed by atoms with E-state index in [9.17, 15) is 4.79 Å². The molecular weight excluding hydrogens is 240 g/mol. The topological polar surface area (TPSA) is 62.7 Å². The Kier molecular flexibility index (Phi) is 3.96. The highest BCUT2D eigenvalue weighted by Crippen LogP contribution is 2.28. The van der Waals surface area contributed by atoms with Crippen molar-refractivity contribution in [3.05, 3.63) is 11.1 Å². The van der Waals surface area contributed by atoms with Crippen molar-refractivity contribution in [1.82, 2.24) is 4.98 Å². The standard InChI is InChI=1S/C11H16N2O3S/c1-13(4-5-16-6-8-2-3-8)11-12-9(7-17-11)10(14)15/h7-8H,2-6H2,1H3,(H,14,15). The number of likely N-dealkylation sites (N-methyl/N-ethyl adjacent to an activating group) is 1. The average Bonchev–Trinajstić information content (AvgIpc) is 2.97. The summed E-state index contributed by atoms with van der Waals surface area (Å²) >= 11 is 1.34. The van der Waals surface area contributed by atoms with Crippen LogP contribution in [0, 0.1) is 5.92 Å². The largest absolute Gasteiger partial charge is 0.476 e. The summed E-state index contributed by atoms with van der Waals surface area (Å²) in [4.78, 5) is 16.6. The third-order valence-electron chi connectivity index (χ3n) is 2.66. The predicted molar refractivity (Wildman–Crippen MR) is 65.9 cm³/mol. The number of carboxylic acids is 1. The van der Waals surface area contributed by atoms with Crippen LogP contribution in [0.2, 0.25) is 0 Å². The van der Waals surface area contributed by atoms with Gasteiger partial charge >= 0.3 is 5.97 Å². The normalized spacial score (nSPS) is 14.9. The van der Waals surface area contributed by atoms with E-state index in [2.05, 4.69) is 4.98 Å². The van der Waals surface area contributed by atoms with Gasteiger partial charge in [-0.1, -0.05) is 0 Å². The lowest BCUT2D eigenvalue weighted by Crippen LogP contribution is -2.23. The van der Waals surface area contributed by atoms with Crippen LogP contribution in [-0.2, 0) is 4.74 Å². The van der Waals surface area contributed by atoms with Crippen LogP contribution in [0.15, 0.2) is 5.38 Å². The van der Waals surface area contributed by atoms with Gasteiger partial charge in [0.25, 0.3) is 0 Å². The van der Waals surface area contributed by atoms with Crippen LogP contribution in [-0.4, -0.2) is 42.9 Å². The van der Waals surface area contributed by atoms with Crippen LogP contribution in [0.3, 0.4) is 0 Å². The first-order valence-electron chi connectivity index (χ1n) is 5.64. The number of hydrogen-bond acceptors (Lipinski definition) is 5. The molecule has 1 heterocycles. The lowest BCUT2D eigenvalue weighted by atomic mass is 10.5. The number of aromatic nitrogens is 1. The van der Waals surface area contributed by atoms with Crippen molar-refractivity contribution in [2.24, 2.45) is 5.92 Å². The summed E-state index contributed by atoms with van der Waals surface area (Å²) in [5.41, 5.74) is 0.107. The zero-order chi connectivity index (χ0) is 12.3. The lowest BCUT2D eigenvalue weighted by molar-refractivity contribution is 0.0691. The number of nitrogens with zero attached hydrogens (tertiary/aromatic N) is 2. The second kappa shape index (κ2) is 5.46. The van der Waals surface area contributed by atoms with E-state index < -0.39 is 5.97 Å². The first kappa shape index (κ1) is 12.3. The van der Waals surface area contributed by atoms with Crippen LogP contribution in [0.4, 0.5) is 5.13 Å². The van der Waals surface area contributed by atoms with Crippen molar-refractivity contribution in [2.45, 2.75) is 12.8 Å². The van der Waals surface area contributed by atoms with E-state index in [1.807, 2.05) is 11.9 Å². The minimum absolute atomic E-state index is 0.107. The maximum atomic E-state index is 10.7. The fourth-order valence-corrected chi connectivity index (χ4v) is 2.16. The quantitative estimate of drug-likeness (QED) is 0.752. The molecule has 0 aliphatic heterocycles. The predicted octanol–water partition coefficient (Wildman–Crippen LogP) is 1.70. The summed E-state index contributed by atoms with van der Waals surface area (Å²) in [6.45, 7) is 2.25. The van der Waals surface area contributed by atoms with Gasteiger partial charge in [0.15, 0.2) is 10.8 Å². The summed E-state index contributed by atoms with van der Waals surface area (Å²) in [6.07, 6.45) is 2.59. The zero-order valence-electron chi connectivity index (χ0n) is 9.76. The Labute approximate surface area is 104 Å². The van der Waals surface area contributed by atoms with E-state index in [0.29, 0.717) is 6.61 Å². The summed E-state index contributed by atoms with van der Waals surface area (Å²) in [5, 5.41) is 11.0. The molecule has 0 atom stereocenters. The summed E-state index contributed by atoms with van der Waals surface area (Å²) in [5.74, 6) is -0.204. The molecule has 5 nitrogen and oxygen atoms in total. The van der Waals surface area contributed by atoms with Gasteiger partial charge in [-0.25, -0.2) is 9.78 Å². The van der Waals surface area contributed by atoms with Crippen molar-refractivity contribution in [3.63, 3.8) is 0 Å². The molecular formula is C11H16N2O3S. The molecule has 1 saturated carbocycles. The van der Waals surface area contributed by atoms with Gasteiger partial charge in [0.05, 0.1) is 6.61 Å². The molecule has 0 radical (unpaired) electrons. The summed E-state index contributed by atoms with van der Waals surface area (Å²) in [7, 11) is 1.89. The van der Waals surface area contributed by atoms with Crippen LogP contribution in [0.1, 0.15) is 23.3 Å². The molecule has 1 aliphatic rings. The van der Waals surface area contributed by atoms with Gasteiger partial charge in [-0.15, -0.1) is 11.3 Å². The molecule has 94 valence electrons. The molecule has 1 fully saturated rings. The van der Waals surface area contributed by atoms with E-state index in [1.165, 1.54) is 24.2 Å². The number of thiazole rings is 1. The molecule has 0 amide bonds. The second-order valence-corrected chi connectivity index (χ2v) is 5.10. The lowest BCUT2D eigenvalue weighted by Gasteiger charge is -2.15. The molecule has 17 heavy (non-hydrogen) atoms. The zero-order valence-corrected chi connectivity index (χ0v) is 10.6. The molecule has 0 aromatic carbocycles. The number of anilines is 1. The van der Waals surface area contributed by atoms with Crippen LogP contribution < -0.4 is 4.90 Å². The molecule has 1 N–H and O–H groups in total. The van der Waals surface area contributed by atoms with E-state index in [0.717, 1.165) is 24.2 Å². The van der Waals surface area contributed by atoms with Gasteiger partial charge in [0.1, 0.15) is 0 Å². The van der Waals surface area contributed by atoms with Crippen molar-refractivity contribution in [1.29, 1.82) is 0 Å². The second-order valence-electron chi connectivity index (χ2n) is 4.26. The van der Waals surface area contributed by atoms with E-state index in [4.69, 9.17) is 9.84 Å². The Hall–Kier alpha value is -1.14. The molecule has 0 bridgehead atoms. The maximum absolute atomic E-state index is 10.7. The number of rotatable bonds is 7. The van der Waals surface area contributed by atoms with E-state index >= 15 is 0 Å². The molecule has 1 aliphatic carbocycles. The molecule has 6 heteroatoms. The van der Waals surface area contributed by atoms with Crippen LogP contribution >= 0.6 is 11.3 Å². The highest BCUT2D eigenvalue weighted by Gasteiger charge is 2.21. The highest BCUT2D eigenvalue weighted by molar-refractivity contribution is 7.13. The molecule has 1 aromatic rings. The van der Waals surface area contributed by atoms with Gasteiger partial charge < -0.3 is 14.7 Å². The molecule has 0 unspecified atom stereocenters. The van der Waals surface area contributed by atoms with Crippen molar-refractivity contribution in [2.75, 3.05) is 31.7 Å². The van der Waals surface area contributed by atoms with Crippen LogP contribution in [0.25, 0.3) is 0 Å². The fraction of sp³-hybridized carbons (Fsp3) is 0.636. The number of carbonyl (C=O) groups is 1. The Morgan fingerprint density at radius 3 is 3.06 bits per heavy atom. The summed E-state index contributed by atoms with van der Waals surface area (Å²) < 4.78 is 5.52. The smallest absolute Gasteiger partial charge is 0.355 e. The third kappa shape index (κ3) is 3.67. The number of ether oxygens (including phenoxy) is 1. The Morgan fingerprint density at radius 1 is 1.71 bits per heavy atom. The number of hydrogen-bond donors (Lipinski definition) is 1. The minimum atomic E-state index is -0.981. The molecule has 0 saturated heterocycles. The van der Waals surface area contributed by atoms with Crippen molar-refractivity contribution in [3.8, 4) is 0 Å². The first-order valence-corrected chi connectivity index (χ1v) is 6.52. The SMILES string of the molecule is CN(CCOCC1CC1)c1nc(C(=O)O)cs1. The third-order valence-corrected chi connectivity index (χ3v) is 3.61. The Morgan fingerprint density at radius 2 is 2.47 bits per heavy atom. The molecule has 1 aromatic heterocycles. The van der Waals surface area contributed by atoms with Crippen LogP contribution in [0.5, 0.6) is 0 Å². The Bertz CT molecular complexity index is 390. The maximum Gasteiger partial charge on any atom is 0.355 e. The number of aromatic carboxylic acids is 1. The first-order chi connectivity index (χ1) is 8.16. The molecule has 2 rings (SSSR count). The van der Waals surface area contributed by atoms with E-state index in [1.54, 1.807) is 5.38 Å². The molecule has 0 spiro atoms.